The third-order valence-electron chi connectivity index (χ3n) is 3.82. The summed E-state index contributed by atoms with van der Waals surface area (Å²) in [7, 11) is 1.51. The van der Waals surface area contributed by atoms with Crippen LogP contribution in [0.2, 0.25) is 0 Å². The zero-order chi connectivity index (χ0) is 14.7. The number of rotatable bonds is 4. The molecule has 0 aliphatic carbocycles. The summed E-state index contributed by atoms with van der Waals surface area (Å²) in [6.45, 7) is 3.95. The number of nitrogens with zero attached hydrogens (tertiary/aromatic N) is 1. The lowest BCUT2D eigenvalue weighted by Crippen LogP contribution is -2.45. The van der Waals surface area contributed by atoms with E-state index in [0.717, 1.165) is 31.7 Å². The highest BCUT2D eigenvalue weighted by atomic mass is 35.5. The van der Waals surface area contributed by atoms with Gasteiger partial charge in [0, 0.05) is 31.1 Å². The molecule has 3 nitrogen and oxygen atoms in total. The molecule has 0 radical (unpaired) electrons. The Morgan fingerprint density at radius 1 is 1.22 bits per heavy atom. The van der Waals surface area contributed by atoms with Gasteiger partial charge in [0.05, 0.1) is 13.2 Å². The Hall–Kier alpha value is -0.850. The number of ether oxygens (including phenoxy) is 1. The van der Waals surface area contributed by atoms with E-state index in [1.807, 2.05) is 12.1 Å². The van der Waals surface area contributed by atoms with Gasteiger partial charge in [-0.3, -0.25) is 4.90 Å². The first-order valence-corrected chi connectivity index (χ1v) is 7.99. The van der Waals surface area contributed by atoms with E-state index in [1.54, 1.807) is 11.3 Å². The third kappa shape index (κ3) is 4.58. The Balaban J connectivity index is 0.00000132. The summed E-state index contributed by atoms with van der Waals surface area (Å²) in [5.41, 5.74) is 1.08. The number of hydrogen-bond donors (Lipinski definition) is 1. The first-order valence-electron chi connectivity index (χ1n) is 7.11. The monoisotopic (exact) mass is 378 g/mol. The average molecular weight is 379 g/mol. The van der Waals surface area contributed by atoms with Crippen LogP contribution in [0.4, 0.5) is 4.39 Å². The molecular weight excluding hydrogens is 358 g/mol. The van der Waals surface area contributed by atoms with Gasteiger partial charge in [0.2, 0.25) is 0 Å². The van der Waals surface area contributed by atoms with Crippen molar-refractivity contribution in [3.8, 4) is 5.75 Å². The maximum atomic E-state index is 13.7. The van der Waals surface area contributed by atoms with Crippen molar-refractivity contribution in [1.82, 2.24) is 10.2 Å². The molecule has 2 heterocycles. The molecule has 1 fully saturated rings. The van der Waals surface area contributed by atoms with Crippen LogP contribution in [0.1, 0.15) is 16.5 Å². The Bertz CT molecular complexity index is 592. The minimum Gasteiger partial charge on any atom is -0.494 e. The molecule has 0 unspecified atom stereocenters. The van der Waals surface area contributed by atoms with Crippen LogP contribution in [-0.4, -0.2) is 38.2 Å². The van der Waals surface area contributed by atoms with E-state index in [9.17, 15) is 4.39 Å². The maximum absolute atomic E-state index is 13.7. The Morgan fingerprint density at radius 3 is 2.57 bits per heavy atom. The summed E-state index contributed by atoms with van der Waals surface area (Å²) >= 11 is 1.74. The molecule has 128 valence electrons. The van der Waals surface area contributed by atoms with Gasteiger partial charge in [-0.1, -0.05) is 12.1 Å². The lowest BCUT2D eigenvalue weighted by molar-refractivity contribution is 0.200. The molecule has 0 bridgehead atoms. The van der Waals surface area contributed by atoms with E-state index >= 15 is 0 Å². The lowest BCUT2D eigenvalue weighted by Gasteiger charge is -2.34. The predicted molar refractivity (Wildman–Crippen MR) is 98.1 cm³/mol. The van der Waals surface area contributed by atoms with Crippen molar-refractivity contribution in [3.05, 3.63) is 52.0 Å². The second-order valence-corrected chi connectivity index (χ2v) is 6.08. The van der Waals surface area contributed by atoms with Crippen LogP contribution in [-0.2, 0) is 0 Å². The van der Waals surface area contributed by atoms with Crippen LogP contribution in [0.5, 0.6) is 5.75 Å². The van der Waals surface area contributed by atoms with Gasteiger partial charge in [-0.15, -0.1) is 36.2 Å². The summed E-state index contributed by atoms with van der Waals surface area (Å²) in [4.78, 5) is 3.72. The molecule has 1 aliphatic rings. The number of nitrogens with one attached hydrogen (secondary N) is 1. The van der Waals surface area contributed by atoms with Crippen molar-refractivity contribution in [2.24, 2.45) is 0 Å². The molecule has 1 N–H and O–H groups in total. The molecule has 7 heteroatoms. The summed E-state index contributed by atoms with van der Waals surface area (Å²) in [5.74, 6) is -0.00400. The van der Waals surface area contributed by atoms with Gasteiger partial charge < -0.3 is 10.1 Å². The second-order valence-electron chi connectivity index (χ2n) is 5.10. The minimum absolute atomic E-state index is 0. The zero-order valence-corrected chi connectivity index (χ0v) is 15.3. The number of piperazine rings is 1. The number of halogens is 3. The number of methoxy groups -OCH3 is 1. The molecule has 0 amide bonds. The van der Waals surface area contributed by atoms with Crippen molar-refractivity contribution < 1.29 is 9.13 Å². The first kappa shape index (κ1) is 20.2. The molecular formula is C16H21Cl2FN2OS. The minimum atomic E-state index is -0.313. The fourth-order valence-electron chi connectivity index (χ4n) is 2.79. The van der Waals surface area contributed by atoms with Crippen LogP contribution in [0, 0.1) is 5.82 Å². The van der Waals surface area contributed by atoms with Crippen molar-refractivity contribution in [3.63, 3.8) is 0 Å². The standard InChI is InChI=1S/C16H19FN2OS.2ClH/c1-20-14-11-12(4-5-13(14)17)16(15-3-2-10-21-15)19-8-6-18-7-9-19;;/h2-5,10-11,16,18H,6-9H2,1H3;2*1H/t16-;;/m1../s1. The van der Waals surface area contributed by atoms with E-state index in [0.29, 0.717) is 5.75 Å². The van der Waals surface area contributed by atoms with E-state index in [2.05, 4.69) is 27.7 Å². The van der Waals surface area contributed by atoms with Crippen LogP contribution in [0.3, 0.4) is 0 Å². The van der Waals surface area contributed by atoms with E-state index in [4.69, 9.17) is 4.74 Å². The van der Waals surface area contributed by atoms with Gasteiger partial charge in [0.1, 0.15) is 0 Å². The topological polar surface area (TPSA) is 24.5 Å². The van der Waals surface area contributed by atoms with Crippen LogP contribution >= 0.6 is 36.2 Å². The third-order valence-corrected chi connectivity index (χ3v) is 4.75. The van der Waals surface area contributed by atoms with Crippen LogP contribution in [0.25, 0.3) is 0 Å². The van der Waals surface area contributed by atoms with Gasteiger partial charge in [-0.25, -0.2) is 4.39 Å². The molecule has 1 atom stereocenters. The Morgan fingerprint density at radius 2 is 1.96 bits per heavy atom. The smallest absolute Gasteiger partial charge is 0.165 e. The first-order chi connectivity index (χ1) is 10.3. The predicted octanol–water partition coefficient (Wildman–Crippen LogP) is 3.73. The highest BCUT2D eigenvalue weighted by Crippen LogP contribution is 2.34. The van der Waals surface area contributed by atoms with Crippen molar-refractivity contribution >= 4 is 36.2 Å². The number of benzene rings is 1. The Labute approximate surface area is 152 Å². The second kappa shape index (κ2) is 9.45. The summed E-state index contributed by atoms with van der Waals surface area (Å²) in [6.07, 6.45) is 0. The summed E-state index contributed by atoms with van der Waals surface area (Å²) in [5, 5.41) is 5.46. The van der Waals surface area contributed by atoms with E-state index < -0.39 is 0 Å². The highest BCUT2D eigenvalue weighted by molar-refractivity contribution is 7.10. The molecule has 0 spiro atoms. The largest absolute Gasteiger partial charge is 0.494 e. The number of thiophene rings is 1. The normalized spacial score (nSPS) is 16.1. The zero-order valence-electron chi connectivity index (χ0n) is 12.8. The van der Waals surface area contributed by atoms with Gasteiger partial charge in [0.25, 0.3) is 0 Å². The van der Waals surface area contributed by atoms with Gasteiger partial charge in [0.15, 0.2) is 11.6 Å². The molecule has 1 aromatic carbocycles. The van der Waals surface area contributed by atoms with Gasteiger partial charge in [-0.2, -0.15) is 0 Å². The quantitative estimate of drug-likeness (QED) is 0.876. The molecule has 23 heavy (non-hydrogen) atoms. The molecule has 2 aromatic rings. The van der Waals surface area contributed by atoms with Crippen LogP contribution < -0.4 is 10.1 Å². The average Bonchev–Trinajstić information content (AvgIpc) is 3.04. The van der Waals surface area contributed by atoms with Gasteiger partial charge in [-0.05, 0) is 29.1 Å². The molecule has 1 aromatic heterocycles. The lowest BCUT2D eigenvalue weighted by atomic mass is 10.0. The summed E-state index contributed by atoms with van der Waals surface area (Å²) < 4.78 is 18.8. The van der Waals surface area contributed by atoms with Crippen molar-refractivity contribution in [2.45, 2.75) is 6.04 Å². The van der Waals surface area contributed by atoms with E-state index in [-0.39, 0.29) is 36.7 Å². The fraction of sp³-hybridized carbons (Fsp3) is 0.375. The molecule has 3 rings (SSSR count). The highest BCUT2D eigenvalue weighted by Gasteiger charge is 2.25. The molecule has 1 aliphatic heterocycles. The SMILES string of the molecule is COc1cc([C@H](c2cccs2)N2CCNCC2)ccc1F.Cl.Cl. The van der Waals surface area contributed by atoms with Crippen LogP contribution in [0.15, 0.2) is 35.7 Å². The Kier molecular flexibility index (Phi) is 8.29. The van der Waals surface area contributed by atoms with Crippen molar-refractivity contribution in [1.29, 1.82) is 0 Å². The van der Waals surface area contributed by atoms with Gasteiger partial charge >= 0.3 is 0 Å². The van der Waals surface area contributed by atoms with Crippen molar-refractivity contribution in [2.75, 3.05) is 33.3 Å². The maximum Gasteiger partial charge on any atom is 0.165 e. The van der Waals surface area contributed by atoms with E-state index in [1.165, 1.54) is 18.1 Å². The molecule has 0 saturated carbocycles. The summed E-state index contributed by atoms with van der Waals surface area (Å²) in [6, 6.07) is 9.56. The molecule has 1 saturated heterocycles. The number of hydrogen-bond acceptors (Lipinski definition) is 4. The fourth-order valence-corrected chi connectivity index (χ4v) is 3.67.